The number of nitrogens with zero attached hydrogens (tertiary/aromatic N) is 1. The number of hydrogen-bond acceptors (Lipinski definition) is 2. The maximum absolute atomic E-state index is 6.83. The number of likely N-dealkylation sites (tertiary alicyclic amines) is 1. The quantitative estimate of drug-likeness (QED) is 0.829. The van der Waals surface area contributed by atoms with Crippen molar-refractivity contribution in [2.24, 2.45) is 28.9 Å². The summed E-state index contributed by atoms with van der Waals surface area (Å²) in [6.07, 6.45) is 13.1. The van der Waals surface area contributed by atoms with Crippen molar-refractivity contribution in [3.8, 4) is 0 Å². The van der Waals surface area contributed by atoms with E-state index in [9.17, 15) is 0 Å². The largest absolute Gasteiger partial charge is 0.324 e. The first-order chi connectivity index (χ1) is 9.04. The zero-order valence-electron chi connectivity index (χ0n) is 12.5. The minimum atomic E-state index is 0.124. The van der Waals surface area contributed by atoms with Crippen LogP contribution < -0.4 is 5.73 Å². The van der Waals surface area contributed by atoms with Gasteiger partial charge in [0.15, 0.2) is 0 Å². The van der Waals surface area contributed by atoms with E-state index in [0.29, 0.717) is 5.41 Å². The summed E-state index contributed by atoms with van der Waals surface area (Å²) in [6.45, 7) is 2.38. The van der Waals surface area contributed by atoms with Crippen LogP contribution in [0.4, 0.5) is 0 Å². The molecule has 5 fully saturated rings. The fourth-order valence-corrected chi connectivity index (χ4v) is 6.79. The van der Waals surface area contributed by atoms with Gasteiger partial charge in [0.1, 0.15) is 0 Å². The maximum atomic E-state index is 6.83. The van der Waals surface area contributed by atoms with Crippen molar-refractivity contribution in [2.75, 3.05) is 20.1 Å². The number of nitrogens with two attached hydrogens (primary N) is 1. The molecule has 0 aromatic rings. The molecular formula is C17H30N2. The zero-order valence-corrected chi connectivity index (χ0v) is 12.5. The third-order valence-electron chi connectivity index (χ3n) is 6.69. The first-order valence-corrected chi connectivity index (χ1v) is 8.52. The molecule has 0 aromatic carbocycles. The number of hydrogen-bond donors (Lipinski definition) is 1. The smallest absolute Gasteiger partial charge is 0.0289 e. The molecule has 4 aliphatic carbocycles. The van der Waals surface area contributed by atoms with Crippen LogP contribution in [0.15, 0.2) is 0 Å². The molecule has 1 saturated heterocycles. The number of piperidine rings is 1. The van der Waals surface area contributed by atoms with Gasteiger partial charge in [-0.3, -0.25) is 0 Å². The van der Waals surface area contributed by atoms with Crippen molar-refractivity contribution in [3.05, 3.63) is 0 Å². The lowest BCUT2D eigenvalue weighted by molar-refractivity contribution is -0.0730. The van der Waals surface area contributed by atoms with Crippen LogP contribution in [-0.2, 0) is 0 Å². The molecule has 1 atom stereocenters. The van der Waals surface area contributed by atoms with Crippen LogP contribution in [0.3, 0.4) is 0 Å². The molecule has 0 spiro atoms. The monoisotopic (exact) mass is 262 g/mol. The van der Waals surface area contributed by atoms with Crippen molar-refractivity contribution in [3.63, 3.8) is 0 Å². The number of rotatable bonds is 2. The predicted molar refractivity (Wildman–Crippen MR) is 78.9 cm³/mol. The van der Waals surface area contributed by atoms with Crippen LogP contribution in [-0.4, -0.2) is 30.6 Å². The maximum Gasteiger partial charge on any atom is 0.0289 e. The molecule has 1 heterocycles. The normalized spacial score (nSPS) is 53.7. The van der Waals surface area contributed by atoms with E-state index >= 15 is 0 Å². The van der Waals surface area contributed by atoms with Gasteiger partial charge in [0.2, 0.25) is 0 Å². The Kier molecular flexibility index (Phi) is 2.80. The van der Waals surface area contributed by atoms with Crippen LogP contribution in [0.25, 0.3) is 0 Å². The van der Waals surface area contributed by atoms with E-state index in [2.05, 4.69) is 11.9 Å². The Bertz CT molecular complexity index is 329. The first-order valence-electron chi connectivity index (χ1n) is 8.52. The highest BCUT2D eigenvalue weighted by molar-refractivity contribution is 5.06. The van der Waals surface area contributed by atoms with E-state index < -0.39 is 0 Å². The summed E-state index contributed by atoms with van der Waals surface area (Å²) in [6, 6.07) is 0. The van der Waals surface area contributed by atoms with Crippen molar-refractivity contribution < 1.29 is 0 Å². The Labute approximate surface area is 118 Å². The van der Waals surface area contributed by atoms with Gasteiger partial charge in [0.25, 0.3) is 0 Å². The molecule has 5 aliphatic rings. The second-order valence-electron chi connectivity index (χ2n) is 8.80. The molecule has 5 rings (SSSR count). The SMILES string of the molecule is CN1CCCC(N)(CC23CC4CC(CC(C4)C2)C3)C1. The second kappa shape index (κ2) is 4.21. The molecule has 19 heavy (non-hydrogen) atoms. The van der Waals surface area contributed by atoms with Gasteiger partial charge in [-0.05, 0) is 94.5 Å². The highest BCUT2D eigenvalue weighted by Crippen LogP contribution is 2.62. The standard InChI is InChI=1S/C17H30N2/c1-19-4-2-3-17(18,12-19)11-16-8-13-5-14(9-16)7-15(6-13)10-16/h13-15H,2-12,18H2,1H3. The van der Waals surface area contributed by atoms with Gasteiger partial charge in [-0.2, -0.15) is 0 Å². The highest BCUT2D eigenvalue weighted by Gasteiger charge is 2.53. The second-order valence-corrected chi connectivity index (χ2v) is 8.80. The van der Waals surface area contributed by atoms with E-state index in [4.69, 9.17) is 5.73 Å². The molecule has 4 saturated carbocycles. The Morgan fingerprint density at radius 2 is 1.63 bits per heavy atom. The molecule has 108 valence electrons. The Morgan fingerprint density at radius 1 is 1.05 bits per heavy atom. The van der Waals surface area contributed by atoms with E-state index in [0.717, 1.165) is 24.3 Å². The van der Waals surface area contributed by atoms with Gasteiger partial charge in [-0.15, -0.1) is 0 Å². The van der Waals surface area contributed by atoms with Gasteiger partial charge in [-0.25, -0.2) is 0 Å². The Balaban J connectivity index is 1.52. The molecule has 1 unspecified atom stereocenters. The minimum Gasteiger partial charge on any atom is -0.324 e. The van der Waals surface area contributed by atoms with Crippen LogP contribution in [0.2, 0.25) is 0 Å². The Morgan fingerprint density at radius 3 is 2.16 bits per heavy atom. The third kappa shape index (κ3) is 2.25. The molecule has 2 nitrogen and oxygen atoms in total. The average molecular weight is 262 g/mol. The average Bonchev–Trinajstić information content (AvgIpc) is 2.24. The molecule has 0 aromatic heterocycles. The Hall–Kier alpha value is -0.0800. The fraction of sp³-hybridized carbons (Fsp3) is 1.00. The lowest BCUT2D eigenvalue weighted by Gasteiger charge is -2.59. The lowest BCUT2D eigenvalue weighted by Crippen LogP contribution is -2.58. The van der Waals surface area contributed by atoms with Crippen molar-refractivity contribution >= 4 is 0 Å². The molecule has 2 N–H and O–H groups in total. The van der Waals surface area contributed by atoms with E-state index in [1.807, 2.05) is 0 Å². The van der Waals surface area contributed by atoms with E-state index in [1.165, 1.54) is 45.1 Å². The summed E-state index contributed by atoms with van der Waals surface area (Å²) in [7, 11) is 2.25. The molecule has 0 radical (unpaired) electrons. The zero-order chi connectivity index (χ0) is 13.1. The third-order valence-corrected chi connectivity index (χ3v) is 6.69. The summed E-state index contributed by atoms with van der Waals surface area (Å²) in [5, 5.41) is 0. The van der Waals surface area contributed by atoms with Crippen molar-refractivity contribution in [1.29, 1.82) is 0 Å². The molecular weight excluding hydrogens is 232 g/mol. The van der Waals surface area contributed by atoms with Gasteiger partial charge < -0.3 is 10.6 Å². The first kappa shape index (κ1) is 12.6. The summed E-state index contributed by atoms with van der Waals surface area (Å²) in [5.74, 6) is 3.20. The van der Waals surface area contributed by atoms with Crippen LogP contribution >= 0.6 is 0 Å². The van der Waals surface area contributed by atoms with Crippen LogP contribution in [0.1, 0.15) is 57.8 Å². The van der Waals surface area contributed by atoms with E-state index in [1.54, 1.807) is 19.3 Å². The fourth-order valence-electron chi connectivity index (χ4n) is 6.79. The summed E-state index contributed by atoms with van der Waals surface area (Å²) in [5.41, 5.74) is 7.61. The highest BCUT2D eigenvalue weighted by atomic mass is 15.1. The van der Waals surface area contributed by atoms with Gasteiger partial charge >= 0.3 is 0 Å². The molecule has 2 heteroatoms. The van der Waals surface area contributed by atoms with Crippen molar-refractivity contribution in [2.45, 2.75) is 63.3 Å². The summed E-state index contributed by atoms with van der Waals surface area (Å²) in [4.78, 5) is 2.46. The summed E-state index contributed by atoms with van der Waals surface area (Å²) >= 11 is 0. The van der Waals surface area contributed by atoms with Gasteiger partial charge in [-0.1, -0.05) is 0 Å². The van der Waals surface area contributed by atoms with E-state index in [-0.39, 0.29) is 5.54 Å². The van der Waals surface area contributed by atoms with Crippen LogP contribution in [0, 0.1) is 23.2 Å². The molecule has 1 aliphatic heterocycles. The molecule has 0 amide bonds. The predicted octanol–water partition coefficient (Wildman–Crippen LogP) is 3.02. The lowest BCUT2D eigenvalue weighted by atomic mass is 9.47. The topological polar surface area (TPSA) is 29.3 Å². The number of likely N-dealkylation sites (N-methyl/N-ethyl adjacent to an activating group) is 1. The molecule has 4 bridgehead atoms. The summed E-state index contributed by atoms with van der Waals surface area (Å²) < 4.78 is 0. The van der Waals surface area contributed by atoms with Crippen molar-refractivity contribution in [1.82, 2.24) is 4.90 Å². The van der Waals surface area contributed by atoms with Gasteiger partial charge in [0, 0.05) is 12.1 Å². The minimum absolute atomic E-state index is 0.124. The van der Waals surface area contributed by atoms with Gasteiger partial charge in [0.05, 0.1) is 0 Å². The van der Waals surface area contributed by atoms with Crippen LogP contribution in [0.5, 0.6) is 0 Å².